The van der Waals surface area contributed by atoms with Gasteiger partial charge in [-0.1, -0.05) is 43.6 Å². The highest BCUT2D eigenvalue weighted by molar-refractivity contribution is 7.99. The summed E-state index contributed by atoms with van der Waals surface area (Å²) in [6.07, 6.45) is 0.738. The first kappa shape index (κ1) is 20.2. The number of ether oxygens (including phenoxy) is 1. The van der Waals surface area contributed by atoms with Gasteiger partial charge in [0, 0.05) is 5.02 Å². The Bertz CT molecular complexity index is 753. The van der Waals surface area contributed by atoms with Crippen molar-refractivity contribution in [3.05, 3.63) is 29.3 Å². The van der Waals surface area contributed by atoms with Gasteiger partial charge in [-0.15, -0.1) is 5.10 Å². The van der Waals surface area contributed by atoms with Crippen LogP contribution >= 0.6 is 23.4 Å². The molecule has 0 bridgehead atoms. The van der Waals surface area contributed by atoms with E-state index in [0.717, 1.165) is 12.1 Å². The molecule has 1 amide bonds. The zero-order valence-corrected chi connectivity index (χ0v) is 16.3. The lowest BCUT2D eigenvalue weighted by Crippen LogP contribution is -2.46. The second-order valence-corrected chi connectivity index (χ2v) is 6.97. The van der Waals surface area contributed by atoms with Crippen LogP contribution in [0.1, 0.15) is 20.3 Å². The Labute approximate surface area is 160 Å². The minimum Gasteiger partial charge on any atom is -0.467 e. The van der Waals surface area contributed by atoms with Gasteiger partial charge in [0.2, 0.25) is 11.1 Å². The van der Waals surface area contributed by atoms with Gasteiger partial charge >= 0.3 is 5.97 Å². The van der Waals surface area contributed by atoms with Gasteiger partial charge in [0.05, 0.1) is 18.6 Å². The molecule has 0 spiro atoms. The second-order valence-electron chi connectivity index (χ2n) is 5.59. The number of carbonyl (C=O) groups excluding carboxylic acids is 2. The Morgan fingerprint density at radius 3 is 2.65 bits per heavy atom. The van der Waals surface area contributed by atoms with Crippen LogP contribution in [0.2, 0.25) is 5.02 Å². The molecule has 2 aromatic rings. The molecule has 10 heteroatoms. The van der Waals surface area contributed by atoms with Crippen molar-refractivity contribution in [2.75, 3.05) is 12.9 Å². The summed E-state index contributed by atoms with van der Waals surface area (Å²) in [5, 5.41) is 15.3. The smallest absolute Gasteiger partial charge is 0.328 e. The summed E-state index contributed by atoms with van der Waals surface area (Å²) >= 11 is 7.05. The molecule has 26 heavy (non-hydrogen) atoms. The number of amides is 1. The standard InChI is InChI=1S/C16H20ClN5O3S/c1-4-10(2)14(15(24)25-3)18-13(23)9-26-16-19-20-21-22(16)12-7-5-11(17)6-8-12/h5-8,10,14H,4,9H2,1-3H3,(H,18,23). The lowest BCUT2D eigenvalue weighted by molar-refractivity contribution is -0.146. The molecular weight excluding hydrogens is 378 g/mol. The van der Waals surface area contributed by atoms with Gasteiger partial charge in [0.25, 0.3) is 0 Å². The fourth-order valence-corrected chi connectivity index (χ4v) is 2.98. The van der Waals surface area contributed by atoms with Gasteiger partial charge in [-0.2, -0.15) is 4.68 Å². The molecule has 1 heterocycles. The maximum atomic E-state index is 12.2. The number of nitrogens with one attached hydrogen (secondary N) is 1. The van der Waals surface area contributed by atoms with E-state index in [1.165, 1.54) is 23.6 Å². The van der Waals surface area contributed by atoms with E-state index in [9.17, 15) is 9.59 Å². The molecule has 0 saturated heterocycles. The van der Waals surface area contributed by atoms with E-state index < -0.39 is 12.0 Å². The summed E-state index contributed by atoms with van der Waals surface area (Å²) in [6, 6.07) is 6.34. The number of esters is 1. The largest absolute Gasteiger partial charge is 0.467 e. The number of rotatable bonds is 8. The maximum absolute atomic E-state index is 12.2. The first-order valence-electron chi connectivity index (χ1n) is 8.00. The van der Waals surface area contributed by atoms with Crippen LogP contribution in [0.4, 0.5) is 0 Å². The Hall–Kier alpha value is -2.13. The maximum Gasteiger partial charge on any atom is 0.328 e. The molecule has 2 rings (SSSR count). The van der Waals surface area contributed by atoms with E-state index in [2.05, 4.69) is 20.8 Å². The normalized spacial score (nSPS) is 13.1. The summed E-state index contributed by atoms with van der Waals surface area (Å²) in [7, 11) is 1.30. The van der Waals surface area contributed by atoms with Gasteiger partial charge in [0.1, 0.15) is 6.04 Å². The van der Waals surface area contributed by atoms with E-state index in [4.69, 9.17) is 16.3 Å². The molecule has 8 nitrogen and oxygen atoms in total. The second kappa shape index (κ2) is 9.54. The third-order valence-corrected chi connectivity index (χ3v) is 5.00. The molecule has 0 fully saturated rings. The quantitative estimate of drug-likeness (QED) is 0.538. The van der Waals surface area contributed by atoms with Crippen LogP contribution < -0.4 is 5.32 Å². The highest BCUT2D eigenvalue weighted by Gasteiger charge is 2.26. The summed E-state index contributed by atoms with van der Waals surface area (Å²) in [5.74, 6) is -0.714. The SMILES string of the molecule is CCC(C)C(NC(=O)CSc1nnnn1-c1ccc(Cl)cc1)C(=O)OC. The van der Waals surface area contributed by atoms with Crippen molar-refractivity contribution in [1.82, 2.24) is 25.5 Å². The predicted octanol–water partition coefficient (Wildman–Crippen LogP) is 2.11. The number of thioether (sulfide) groups is 1. The average molecular weight is 398 g/mol. The number of aromatic nitrogens is 4. The molecule has 1 aromatic carbocycles. The number of benzene rings is 1. The van der Waals surface area contributed by atoms with E-state index >= 15 is 0 Å². The first-order valence-corrected chi connectivity index (χ1v) is 9.37. The highest BCUT2D eigenvalue weighted by Crippen LogP contribution is 2.19. The Balaban J connectivity index is 2.00. The number of hydrogen-bond acceptors (Lipinski definition) is 7. The fourth-order valence-electron chi connectivity index (χ4n) is 2.15. The first-order chi connectivity index (χ1) is 12.5. The van der Waals surface area contributed by atoms with E-state index in [-0.39, 0.29) is 17.6 Å². The van der Waals surface area contributed by atoms with Gasteiger partial charge in [0.15, 0.2) is 0 Å². The zero-order valence-electron chi connectivity index (χ0n) is 14.7. The molecule has 140 valence electrons. The van der Waals surface area contributed by atoms with Crippen LogP contribution in [0, 0.1) is 5.92 Å². The third-order valence-electron chi connectivity index (χ3n) is 3.83. The van der Waals surface area contributed by atoms with Crippen molar-refractivity contribution in [3.63, 3.8) is 0 Å². The van der Waals surface area contributed by atoms with Gasteiger partial charge in [-0.3, -0.25) is 4.79 Å². The summed E-state index contributed by atoms with van der Waals surface area (Å²) in [5.41, 5.74) is 0.731. The van der Waals surface area contributed by atoms with Crippen molar-refractivity contribution < 1.29 is 14.3 Å². The molecule has 2 atom stereocenters. The number of hydrogen-bond donors (Lipinski definition) is 1. The minimum atomic E-state index is -0.676. The van der Waals surface area contributed by atoms with Crippen LogP contribution in [-0.2, 0) is 14.3 Å². The number of carbonyl (C=O) groups is 2. The molecule has 1 N–H and O–H groups in total. The van der Waals surface area contributed by atoms with Crippen molar-refractivity contribution in [2.45, 2.75) is 31.5 Å². The summed E-state index contributed by atoms with van der Waals surface area (Å²) in [6.45, 7) is 3.83. The molecule has 0 radical (unpaired) electrons. The minimum absolute atomic E-state index is 0.0317. The molecule has 1 aromatic heterocycles. The lowest BCUT2D eigenvalue weighted by atomic mass is 9.99. The molecular formula is C16H20ClN5O3S. The highest BCUT2D eigenvalue weighted by atomic mass is 35.5. The molecule has 0 aliphatic rings. The molecule has 0 aliphatic heterocycles. The zero-order chi connectivity index (χ0) is 19.1. The Morgan fingerprint density at radius 1 is 1.35 bits per heavy atom. The van der Waals surface area contributed by atoms with Crippen molar-refractivity contribution >= 4 is 35.2 Å². The number of nitrogens with zero attached hydrogens (tertiary/aromatic N) is 4. The van der Waals surface area contributed by atoms with Crippen molar-refractivity contribution in [1.29, 1.82) is 0 Å². The van der Waals surface area contributed by atoms with Gasteiger partial charge in [-0.05, 0) is 40.6 Å². The summed E-state index contributed by atoms with van der Waals surface area (Å²) in [4.78, 5) is 24.1. The molecule has 0 saturated carbocycles. The Morgan fingerprint density at radius 2 is 2.04 bits per heavy atom. The van der Waals surface area contributed by atoms with E-state index in [1.807, 2.05) is 13.8 Å². The number of tetrazole rings is 1. The lowest BCUT2D eigenvalue weighted by Gasteiger charge is -2.21. The van der Waals surface area contributed by atoms with Crippen LogP contribution in [-0.4, -0.2) is 51.0 Å². The van der Waals surface area contributed by atoms with E-state index in [1.54, 1.807) is 24.3 Å². The van der Waals surface area contributed by atoms with Crippen LogP contribution in [0.3, 0.4) is 0 Å². The van der Waals surface area contributed by atoms with Gasteiger partial charge in [-0.25, -0.2) is 4.79 Å². The van der Waals surface area contributed by atoms with Crippen LogP contribution in [0.5, 0.6) is 0 Å². The number of halogens is 1. The molecule has 0 aliphatic carbocycles. The Kier molecular flexibility index (Phi) is 7.40. The molecule has 2 unspecified atom stereocenters. The van der Waals surface area contributed by atoms with Crippen LogP contribution in [0.15, 0.2) is 29.4 Å². The van der Waals surface area contributed by atoms with Gasteiger partial charge < -0.3 is 10.1 Å². The topological polar surface area (TPSA) is 99.0 Å². The van der Waals surface area contributed by atoms with Crippen LogP contribution in [0.25, 0.3) is 5.69 Å². The van der Waals surface area contributed by atoms with Crippen molar-refractivity contribution in [2.24, 2.45) is 5.92 Å². The van der Waals surface area contributed by atoms with E-state index in [0.29, 0.717) is 10.2 Å². The predicted molar refractivity (Wildman–Crippen MR) is 98.3 cm³/mol. The number of methoxy groups -OCH3 is 1. The third kappa shape index (κ3) is 5.18. The average Bonchev–Trinajstić information content (AvgIpc) is 3.12. The van der Waals surface area contributed by atoms with Crippen molar-refractivity contribution in [3.8, 4) is 5.69 Å². The fraction of sp³-hybridized carbons (Fsp3) is 0.438. The monoisotopic (exact) mass is 397 g/mol. The summed E-state index contributed by atoms with van der Waals surface area (Å²) < 4.78 is 6.28.